The van der Waals surface area contributed by atoms with Crippen LogP contribution < -0.4 is 4.74 Å². The molecule has 122 valence electrons. The highest BCUT2D eigenvalue weighted by Crippen LogP contribution is 2.15. The van der Waals surface area contributed by atoms with Crippen LogP contribution in [-0.2, 0) is 20.7 Å². The maximum absolute atomic E-state index is 11.7. The van der Waals surface area contributed by atoms with E-state index in [0.717, 1.165) is 31.2 Å². The van der Waals surface area contributed by atoms with Gasteiger partial charge in [-0.2, -0.15) is 0 Å². The molecule has 4 nitrogen and oxygen atoms in total. The van der Waals surface area contributed by atoms with E-state index in [9.17, 15) is 9.59 Å². The van der Waals surface area contributed by atoms with E-state index in [0.29, 0.717) is 18.8 Å². The minimum atomic E-state index is -0.313. The van der Waals surface area contributed by atoms with Crippen molar-refractivity contribution in [3.8, 4) is 5.75 Å². The van der Waals surface area contributed by atoms with Gasteiger partial charge in [0.15, 0.2) is 0 Å². The molecule has 0 fully saturated rings. The van der Waals surface area contributed by atoms with Crippen molar-refractivity contribution in [2.24, 2.45) is 0 Å². The molecule has 0 saturated heterocycles. The van der Waals surface area contributed by atoms with Crippen LogP contribution in [0, 0.1) is 0 Å². The third-order valence-electron chi connectivity index (χ3n) is 3.31. The Morgan fingerprint density at radius 2 is 1.77 bits per heavy atom. The Labute approximate surface area is 132 Å². The number of carbonyl (C=O) groups excluding carboxylic acids is 2. The topological polar surface area (TPSA) is 52.6 Å². The van der Waals surface area contributed by atoms with Gasteiger partial charge in [-0.25, -0.2) is 0 Å². The van der Waals surface area contributed by atoms with Crippen molar-refractivity contribution in [1.82, 2.24) is 0 Å². The van der Waals surface area contributed by atoms with Crippen LogP contribution in [0.3, 0.4) is 0 Å². The summed E-state index contributed by atoms with van der Waals surface area (Å²) in [6.07, 6.45) is 4.90. The van der Waals surface area contributed by atoms with Gasteiger partial charge in [0, 0.05) is 12.8 Å². The zero-order chi connectivity index (χ0) is 16.2. The first kappa shape index (κ1) is 18.2. The zero-order valence-corrected chi connectivity index (χ0v) is 13.6. The summed E-state index contributed by atoms with van der Waals surface area (Å²) in [6, 6.07) is 7.49. The monoisotopic (exact) mass is 306 g/mol. The Morgan fingerprint density at radius 1 is 1.00 bits per heavy atom. The molecule has 0 bridgehead atoms. The largest absolute Gasteiger partial charge is 0.466 e. The smallest absolute Gasteiger partial charge is 0.311 e. The van der Waals surface area contributed by atoms with Crippen LogP contribution >= 0.6 is 0 Å². The second kappa shape index (κ2) is 10.8. The average Bonchev–Trinajstić information content (AvgIpc) is 2.51. The van der Waals surface area contributed by atoms with Gasteiger partial charge in [-0.3, -0.25) is 9.59 Å². The predicted octanol–water partition coefficient (Wildman–Crippen LogP) is 4.06. The number of esters is 2. The molecule has 0 aliphatic rings. The maximum atomic E-state index is 11.7. The summed E-state index contributed by atoms with van der Waals surface area (Å²) in [5.74, 6) is 0.00964. The summed E-state index contributed by atoms with van der Waals surface area (Å²) in [5.41, 5.74) is 1.13. The number of rotatable bonds is 10. The molecule has 1 aromatic carbocycles. The molecule has 0 aromatic heterocycles. The molecule has 1 aromatic rings. The third kappa shape index (κ3) is 7.81. The van der Waals surface area contributed by atoms with Crippen LogP contribution in [0.25, 0.3) is 0 Å². The van der Waals surface area contributed by atoms with Crippen molar-refractivity contribution in [3.63, 3.8) is 0 Å². The van der Waals surface area contributed by atoms with E-state index in [1.54, 1.807) is 6.07 Å². The Kier molecular flexibility index (Phi) is 8.96. The molecular weight excluding hydrogens is 280 g/mol. The second-order valence-corrected chi connectivity index (χ2v) is 5.26. The highest BCUT2D eigenvalue weighted by atomic mass is 16.5. The van der Waals surface area contributed by atoms with E-state index in [-0.39, 0.29) is 24.8 Å². The molecule has 0 amide bonds. The first-order valence-corrected chi connectivity index (χ1v) is 8.11. The van der Waals surface area contributed by atoms with Gasteiger partial charge < -0.3 is 9.47 Å². The molecule has 0 saturated carbocycles. The molecule has 22 heavy (non-hydrogen) atoms. The van der Waals surface area contributed by atoms with Crippen LogP contribution in [0.5, 0.6) is 5.75 Å². The molecule has 0 N–H and O–H groups in total. The number of unbranched alkanes of at least 4 members (excludes halogenated alkanes) is 2. The van der Waals surface area contributed by atoms with E-state index in [1.165, 1.54) is 0 Å². The highest BCUT2D eigenvalue weighted by molar-refractivity contribution is 5.74. The number of ether oxygens (including phenoxy) is 2. The van der Waals surface area contributed by atoms with Gasteiger partial charge in [0.25, 0.3) is 0 Å². The molecule has 0 unspecified atom stereocenters. The number of hydrogen-bond donors (Lipinski definition) is 0. The summed E-state index contributed by atoms with van der Waals surface area (Å²) in [5, 5.41) is 0. The van der Waals surface area contributed by atoms with Crippen molar-refractivity contribution >= 4 is 11.9 Å². The van der Waals surface area contributed by atoms with Gasteiger partial charge in [0.05, 0.1) is 6.61 Å². The zero-order valence-electron chi connectivity index (χ0n) is 13.6. The molecule has 0 aliphatic heterocycles. The molecule has 0 aliphatic carbocycles. The minimum absolute atomic E-state index is 0.223. The van der Waals surface area contributed by atoms with Gasteiger partial charge >= 0.3 is 11.9 Å². The van der Waals surface area contributed by atoms with E-state index in [4.69, 9.17) is 9.47 Å². The van der Waals surface area contributed by atoms with E-state index >= 15 is 0 Å². The molecule has 0 heterocycles. The lowest BCUT2D eigenvalue weighted by Crippen LogP contribution is -2.10. The Hall–Kier alpha value is -1.84. The fourth-order valence-corrected chi connectivity index (χ4v) is 2.00. The summed E-state index contributed by atoms with van der Waals surface area (Å²) in [7, 11) is 0. The number of benzene rings is 1. The summed E-state index contributed by atoms with van der Waals surface area (Å²) >= 11 is 0. The van der Waals surface area contributed by atoms with Crippen LogP contribution in [0.15, 0.2) is 24.3 Å². The van der Waals surface area contributed by atoms with Crippen molar-refractivity contribution in [2.75, 3.05) is 6.61 Å². The van der Waals surface area contributed by atoms with Gasteiger partial charge in [-0.05, 0) is 37.0 Å². The Morgan fingerprint density at radius 3 is 2.50 bits per heavy atom. The summed E-state index contributed by atoms with van der Waals surface area (Å²) in [4.78, 5) is 23.2. The van der Waals surface area contributed by atoms with Crippen LogP contribution in [0.1, 0.15) is 57.9 Å². The van der Waals surface area contributed by atoms with Crippen molar-refractivity contribution in [2.45, 2.75) is 58.8 Å². The molecular formula is C18H26O4. The van der Waals surface area contributed by atoms with Crippen LogP contribution in [0.4, 0.5) is 0 Å². The normalized spacial score (nSPS) is 10.3. The number of carbonyl (C=O) groups is 2. The fourth-order valence-electron chi connectivity index (χ4n) is 2.00. The van der Waals surface area contributed by atoms with Gasteiger partial charge in [-0.15, -0.1) is 0 Å². The Bertz CT molecular complexity index is 468. The minimum Gasteiger partial charge on any atom is -0.466 e. The Balaban J connectivity index is 2.18. The summed E-state index contributed by atoms with van der Waals surface area (Å²) in [6.45, 7) is 4.62. The first-order valence-electron chi connectivity index (χ1n) is 8.11. The van der Waals surface area contributed by atoms with Gasteiger partial charge in [-0.1, -0.05) is 38.8 Å². The van der Waals surface area contributed by atoms with E-state index < -0.39 is 0 Å². The lowest BCUT2D eigenvalue weighted by molar-refractivity contribution is -0.144. The highest BCUT2D eigenvalue weighted by Gasteiger charge is 2.08. The molecule has 1 rings (SSSR count). The van der Waals surface area contributed by atoms with Gasteiger partial charge in [0.2, 0.25) is 0 Å². The second-order valence-electron chi connectivity index (χ2n) is 5.26. The van der Waals surface area contributed by atoms with Crippen molar-refractivity contribution in [3.05, 3.63) is 29.8 Å². The van der Waals surface area contributed by atoms with Crippen molar-refractivity contribution in [1.29, 1.82) is 0 Å². The van der Waals surface area contributed by atoms with E-state index in [2.05, 4.69) is 6.92 Å². The number of hydrogen-bond acceptors (Lipinski definition) is 4. The predicted molar refractivity (Wildman–Crippen MR) is 85.8 cm³/mol. The maximum Gasteiger partial charge on any atom is 0.311 e. The van der Waals surface area contributed by atoms with Crippen LogP contribution in [-0.4, -0.2) is 18.5 Å². The SMILES string of the molecule is CCCCCOC(=O)CCCC(=O)Oc1cccc(CC)c1. The van der Waals surface area contributed by atoms with Crippen molar-refractivity contribution < 1.29 is 19.1 Å². The molecule has 0 radical (unpaired) electrons. The first-order chi connectivity index (χ1) is 10.7. The third-order valence-corrected chi connectivity index (χ3v) is 3.31. The lowest BCUT2D eigenvalue weighted by Gasteiger charge is -2.06. The van der Waals surface area contributed by atoms with Crippen LogP contribution in [0.2, 0.25) is 0 Å². The quantitative estimate of drug-likeness (QED) is 0.371. The average molecular weight is 306 g/mol. The van der Waals surface area contributed by atoms with Gasteiger partial charge in [0.1, 0.15) is 5.75 Å². The fraction of sp³-hybridized carbons (Fsp3) is 0.556. The standard InChI is InChI=1S/C18H26O4/c1-3-5-6-13-21-17(19)11-8-12-18(20)22-16-10-7-9-15(4-2)14-16/h7,9-10,14H,3-6,8,11-13H2,1-2H3. The summed E-state index contributed by atoms with van der Waals surface area (Å²) < 4.78 is 10.3. The molecule has 0 spiro atoms. The van der Waals surface area contributed by atoms with E-state index in [1.807, 2.05) is 25.1 Å². The molecule has 4 heteroatoms. The number of aryl methyl sites for hydroxylation is 1. The lowest BCUT2D eigenvalue weighted by atomic mass is 10.2. The molecule has 0 atom stereocenters.